The van der Waals surface area contributed by atoms with Crippen LogP contribution in [0.1, 0.15) is 39.5 Å². The maximum absolute atomic E-state index is 4.07. The Balaban J connectivity index is 1.98. The molecule has 0 fully saturated rings. The predicted molar refractivity (Wildman–Crippen MR) is 52.8 cm³/mol. The minimum absolute atomic E-state index is 0.220. The highest BCUT2D eigenvalue weighted by Gasteiger charge is 2.13. The first-order chi connectivity index (χ1) is 6.18. The van der Waals surface area contributed by atoms with E-state index < -0.39 is 0 Å². The van der Waals surface area contributed by atoms with Crippen molar-refractivity contribution in [2.75, 3.05) is 7.05 Å². The van der Waals surface area contributed by atoms with E-state index in [1.165, 1.54) is 19.3 Å². The van der Waals surface area contributed by atoms with Crippen LogP contribution in [-0.4, -0.2) is 18.3 Å². The van der Waals surface area contributed by atoms with Gasteiger partial charge in [0.1, 0.15) is 6.17 Å². The summed E-state index contributed by atoms with van der Waals surface area (Å²) < 4.78 is 0. The second-order valence-corrected chi connectivity index (χ2v) is 4.05. The number of rotatable bonds is 5. The molecule has 1 rings (SSSR count). The van der Waals surface area contributed by atoms with E-state index in [0.717, 1.165) is 12.3 Å². The van der Waals surface area contributed by atoms with Crippen molar-refractivity contribution < 1.29 is 0 Å². The minimum Gasteiger partial charge on any atom is -0.212 e. The van der Waals surface area contributed by atoms with E-state index in [1.807, 2.05) is 7.05 Å². The number of hydrogen-bond acceptors (Lipinski definition) is 4. The molecule has 1 atom stereocenters. The molecule has 0 bridgehead atoms. The van der Waals surface area contributed by atoms with Crippen LogP contribution in [0.5, 0.6) is 0 Å². The van der Waals surface area contributed by atoms with Gasteiger partial charge in [-0.1, -0.05) is 31.9 Å². The molecule has 4 heteroatoms. The molecular weight excluding hydrogens is 164 g/mol. The van der Waals surface area contributed by atoms with Crippen LogP contribution in [-0.2, 0) is 0 Å². The Labute approximate surface area is 80.3 Å². The Morgan fingerprint density at radius 2 is 2.15 bits per heavy atom. The van der Waals surface area contributed by atoms with Crippen molar-refractivity contribution in [1.29, 1.82) is 0 Å². The average molecular weight is 184 g/mol. The zero-order chi connectivity index (χ0) is 9.68. The Kier molecular flexibility index (Phi) is 4.15. The third-order valence-corrected chi connectivity index (χ3v) is 2.17. The third kappa shape index (κ3) is 4.22. The second kappa shape index (κ2) is 5.17. The van der Waals surface area contributed by atoms with Crippen molar-refractivity contribution in [2.24, 2.45) is 16.3 Å². The van der Waals surface area contributed by atoms with Gasteiger partial charge in [-0.05, 0) is 18.8 Å². The van der Waals surface area contributed by atoms with Gasteiger partial charge < -0.3 is 0 Å². The van der Waals surface area contributed by atoms with Crippen LogP contribution in [0.15, 0.2) is 10.3 Å². The molecule has 0 saturated carbocycles. The first kappa shape index (κ1) is 10.4. The lowest BCUT2D eigenvalue weighted by molar-refractivity contribution is 0.254. The SMILES string of the molecule is CC(C)CCCCC1N=NN(C)N1. The van der Waals surface area contributed by atoms with E-state index >= 15 is 0 Å². The van der Waals surface area contributed by atoms with Gasteiger partial charge in [-0.3, -0.25) is 0 Å². The predicted octanol–water partition coefficient (Wildman–Crippen LogP) is 2.35. The van der Waals surface area contributed by atoms with Crippen LogP contribution in [0.3, 0.4) is 0 Å². The van der Waals surface area contributed by atoms with Crippen molar-refractivity contribution in [3.63, 3.8) is 0 Å². The summed E-state index contributed by atoms with van der Waals surface area (Å²) in [7, 11) is 1.87. The van der Waals surface area contributed by atoms with Crippen molar-refractivity contribution in [2.45, 2.75) is 45.7 Å². The molecule has 1 aliphatic rings. The highest BCUT2D eigenvalue weighted by Crippen LogP contribution is 2.12. The summed E-state index contributed by atoms with van der Waals surface area (Å²) in [5.74, 6) is 0.820. The lowest BCUT2D eigenvalue weighted by Crippen LogP contribution is -2.31. The molecule has 0 aromatic rings. The molecule has 1 heterocycles. The summed E-state index contributed by atoms with van der Waals surface area (Å²) in [5.41, 5.74) is 3.14. The molecule has 0 aromatic carbocycles. The first-order valence-electron chi connectivity index (χ1n) is 5.09. The fourth-order valence-electron chi connectivity index (χ4n) is 1.42. The quantitative estimate of drug-likeness (QED) is 0.666. The average Bonchev–Trinajstić information content (AvgIpc) is 2.45. The number of unbranched alkanes of at least 4 members (excludes halogenated alkanes) is 1. The zero-order valence-electron chi connectivity index (χ0n) is 8.82. The van der Waals surface area contributed by atoms with E-state index in [2.05, 4.69) is 29.6 Å². The topological polar surface area (TPSA) is 40.0 Å². The standard InChI is InChI=1S/C9H20N4/c1-8(2)6-4-5-7-9-10-12-13(3)11-9/h8-9,11H,4-7H2,1-3H3. The Morgan fingerprint density at radius 3 is 2.69 bits per heavy atom. The van der Waals surface area contributed by atoms with Gasteiger partial charge in [-0.2, -0.15) is 5.43 Å². The third-order valence-electron chi connectivity index (χ3n) is 2.17. The van der Waals surface area contributed by atoms with E-state index in [9.17, 15) is 0 Å². The molecule has 1 unspecified atom stereocenters. The molecule has 0 amide bonds. The fraction of sp³-hybridized carbons (Fsp3) is 1.00. The molecule has 0 spiro atoms. The van der Waals surface area contributed by atoms with Gasteiger partial charge in [0.15, 0.2) is 0 Å². The van der Waals surface area contributed by atoms with E-state index in [-0.39, 0.29) is 6.17 Å². The fourth-order valence-corrected chi connectivity index (χ4v) is 1.42. The number of hydrogen-bond donors (Lipinski definition) is 1. The van der Waals surface area contributed by atoms with Crippen LogP contribution in [0.2, 0.25) is 0 Å². The molecule has 1 N–H and O–H groups in total. The Bertz CT molecular complexity index is 167. The largest absolute Gasteiger partial charge is 0.212 e. The monoisotopic (exact) mass is 184 g/mol. The maximum atomic E-state index is 4.07. The molecular formula is C9H20N4. The van der Waals surface area contributed by atoms with Gasteiger partial charge in [-0.15, -0.1) is 5.11 Å². The van der Waals surface area contributed by atoms with Crippen LogP contribution in [0, 0.1) is 5.92 Å². The summed E-state index contributed by atoms with van der Waals surface area (Å²) >= 11 is 0. The van der Waals surface area contributed by atoms with Gasteiger partial charge >= 0.3 is 0 Å². The lowest BCUT2D eigenvalue weighted by Gasteiger charge is -2.10. The molecule has 0 radical (unpaired) electrons. The summed E-state index contributed by atoms with van der Waals surface area (Å²) in [4.78, 5) is 0. The molecule has 1 aliphatic heterocycles. The van der Waals surface area contributed by atoms with Crippen LogP contribution >= 0.6 is 0 Å². The van der Waals surface area contributed by atoms with Crippen LogP contribution in [0.25, 0.3) is 0 Å². The minimum atomic E-state index is 0.220. The Morgan fingerprint density at radius 1 is 1.38 bits per heavy atom. The summed E-state index contributed by atoms with van der Waals surface area (Å²) in [6.45, 7) is 4.53. The first-order valence-corrected chi connectivity index (χ1v) is 5.09. The zero-order valence-corrected chi connectivity index (χ0v) is 8.82. The van der Waals surface area contributed by atoms with Gasteiger partial charge in [-0.25, -0.2) is 5.12 Å². The molecule has 13 heavy (non-hydrogen) atoms. The summed E-state index contributed by atoms with van der Waals surface area (Å²) in [5, 5.41) is 9.63. The van der Waals surface area contributed by atoms with Crippen molar-refractivity contribution >= 4 is 0 Å². The van der Waals surface area contributed by atoms with Crippen molar-refractivity contribution in [3.05, 3.63) is 0 Å². The van der Waals surface area contributed by atoms with Crippen molar-refractivity contribution in [3.8, 4) is 0 Å². The molecule has 76 valence electrons. The number of nitrogens with one attached hydrogen (secondary N) is 1. The van der Waals surface area contributed by atoms with E-state index in [4.69, 9.17) is 0 Å². The van der Waals surface area contributed by atoms with Gasteiger partial charge in [0.05, 0.1) is 0 Å². The molecule has 0 saturated heterocycles. The second-order valence-electron chi connectivity index (χ2n) is 4.05. The van der Waals surface area contributed by atoms with Gasteiger partial charge in [0.2, 0.25) is 0 Å². The van der Waals surface area contributed by atoms with Crippen LogP contribution < -0.4 is 5.43 Å². The smallest absolute Gasteiger partial charge is 0.141 e. The number of hydrazine groups is 1. The Hall–Kier alpha value is -0.640. The molecule has 0 aromatic heterocycles. The van der Waals surface area contributed by atoms with Gasteiger partial charge in [0, 0.05) is 7.05 Å². The number of nitrogens with zero attached hydrogens (tertiary/aromatic N) is 3. The maximum Gasteiger partial charge on any atom is 0.141 e. The van der Waals surface area contributed by atoms with Crippen molar-refractivity contribution in [1.82, 2.24) is 10.5 Å². The highest BCUT2D eigenvalue weighted by molar-refractivity contribution is 4.63. The van der Waals surface area contributed by atoms with Gasteiger partial charge in [0.25, 0.3) is 0 Å². The van der Waals surface area contributed by atoms with E-state index in [0.29, 0.717) is 0 Å². The molecule has 4 nitrogen and oxygen atoms in total. The van der Waals surface area contributed by atoms with Crippen LogP contribution in [0.4, 0.5) is 0 Å². The summed E-state index contributed by atoms with van der Waals surface area (Å²) in [6.07, 6.45) is 5.18. The highest BCUT2D eigenvalue weighted by atomic mass is 15.8. The molecule has 0 aliphatic carbocycles. The normalized spacial score (nSPS) is 21.8. The van der Waals surface area contributed by atoms with E-state index in [1.54, 1.807) is 5.12 Å². The summed E-state index contributed by atoms with van der Waals surface area (Å²) in [6, 6.07) is 0. The lowest BCUT2D eigenvalue weighted by atomic mass is 10.0.